The molecule has 3 aromatic rings. The Kier molecular flexibility index (Phi) is 2.97. The molecule has 0 aliphatic carbocycles. The van der Waals surface area contributed by atoms with Gasteiger partial charge < -0.3 is 4.90 Å². The second kappa shape index (κ2) is 4.78. The van der Waals surface area contributed by atoms with Crippen LogP contribution in [0.1, 0.15) is 10.5 Å². The van der Waals surface area contributed by atoms with E-state index in [1.54, 1.807) is 29.0 Å². The molecule has 0 spiro atoms. The van der Waals surface area contributed by atoms with Gasteiger partial charge in [0, 0.05) is 24.0 Å². The molecule has 0 aliphatic heterocycles. The Morgan fingerprint density at radius 3 is 2.84 bits per heavy atom. The van der Waals surface area contributed by atoms with Gasteiger partial charge in [-0.1, -0.05) is 18.2 Å². The van der Waals surface area contributed by atoms with Crippen LogP contribution >= 0.6 is 11.3 Å². The molecule has 0 bridgehead atoms. The summed E-state index contributed by atoms with van der Waals surface area (Å²) in [5.74, 6) is -0.126. The number of pyridine rings is 1. The van der Waals surface area contributed by atoms with Crippen molar-refractivity contribution in [2.24, 2.45) is 0 Å². The standard InChI is InChI=1S/C14H11N3OS/c1-17(14(18)11-8-19-9-16-11)12-6-2-4-10-5-3-7-15-13(10)12/h2-9H,1H3. The number of hydrogen-bond acceptors (Lipinski definition) is 4. The topological polar surface area (TPSA) is 46.1 Å². The maximum absolute atomic E-state index is 12.3. The Morgan fingerprint density at radius 1 is 1.21 bits per heavy atom. The van der Waals surface area contributed by atoms with Gasteiger partial charge in [0.1, 0.15) is 5.69 Å². The van der Waals surface area contributed by atoms with Crippen LogP contribution in [0.4, 0.5) is 5.69 Å². The molecule has 0 radical (unpaired) electrons. The number of carbonyl (C=O) groups excluding carboxylic acids is 1. The molecule has 2 aromatic heterocycles. The number of fused-ring (bicyclic) bond motifs is 1. The van der Waals surface area contributed by atoms with Gasteiger partial charge in [0.15, 0.2) is 0 Å². The molecule has 0 N–H and O–H groups in total. The van der Waals surface area contributed by atoms with Crippen molar-refractivity contribution in [3.63, 3.8) is 0 Å². The number of aromatic nitrogens is 2. The first kappa shape index (κ1) is 11.8. The van der Waals surface area contributed by atoms with Crippen molar-refractivity contribution in [1.29, 1.82) is 0 Å². The second-order valence-electron chi connectivity index (χ2n) is 4.09. The van der Waals surface area contributed by atoms with Gasteiger partial charge in [-0.3, -0.25) is 9.78 Å². The van der Waals surface area contributed by atoms with E-state index in [-0.39, 0.29) is 5.91 Å². The average Bonchev–Trinajstić information content (AvgIpc) is 2.99. The van der Waals surface area contributed by atoms with Crippen LogP contribution in [0.5, 0.6) is 0 Å². The number of anilines is 1. The van der Waals surface area contributed by atoms with E-state index in [2.05, 4.69) is 9.97 Å². The summed E-state index contributed by atoms with van der Waals surface area (Å²) >= 11 is 1.41. The highest BCUT2D eigenvalue weighted by Crippen LogP contribution is 2.24. The molecule has 0 unspecified atom stereocenters. The third-order valence-corrected chi connectivity index (χ3v) is 3.52. The van der Waals surface area contributed by atoms with Gasteiger partial charge in [-0.05, 0) is 12.1 Å². The molecular weight excluding hydrogens is 258 g/mol. The molecule has 0 fully saturated rings. The Bertz CT molecular complexity index is 719. The summed E-state index contributed by atoms with van der Waals surface area (Å²) in [6.45, 7) is 0. The number of para-hydroxylation sites is 1. The fourth-order valence-electron chi connectivity index (χ4n) is 1.96. The molecule has 0 saturated heterocycles. The van der Waals surface area contributed by atoms with E-state index in [1.807, 2.05) is 30.3 Å². The van der Waals surface area contributed by atoms with Gasteiger partial charge >= 0.3 is 0 Å². The zero-order valence-corrected chi connectivity index (χ0v) is 11.1. The third kappa shape index (κ3) is 2.08. The van der Waals surface area contributed by atoms with Crippen LogP contribution in [0.2, 0.25) is 0 Å². The second-order valence-corrected chi connectivity index (χ2v) is 4.81. The smallest absolute Gasteiger partial charge is 0.277 e. The van der Waals surface area contributed by atoms with Gasteiger partial charge in [0.2, 0.25) is 0 Å². The summed E-state index contributed by atoms with van der Waals surface area (Å²) in [4.78, 5) is 22.3. The number of rotatable bonds is 2. The van der Waals surface area contributed by atoms with Crippen LogP contribution < -0.4 is 4.90 Å². The highest BCUT2D eigenvalue weighted by molar-refractivity contribution is 7.07. The van der Waals surface area contributed by atoms with Crippen LogP contribution in [0.15, 0.2) is 47.4 Å². The van der Waals surface area contributed by atoms with Crippen molar-refractivity contribution >= 4 is 33.8 Å². The highest BCUT2D eigenvalue weighted by atomic mass is 32.1. The number of hydrogen-bond donors (Lipinski definition) is 0. The molecule has 1 amide bonds. The van der Waals surface area contributed by atoms with Crippen molar-refractivity contribution in [1.82, 2.24) is 9.97 Å². The number of amides is 1. The van der Waals surface area contributed by atoms with E-state index in [4.69, 9.17) is 0 Å². The van der Waals surface area contributed by atoms with E-state index in [9.17, 15) is 4.79 Å². The summed E-state index contributed by atoms with van der Waals surface area (Å²) in [5.41, 5.74) is 3.72. The van der Waals surface area contributed by atoms with E-state index in [1.165, 1.54) is 11.3 Å². The summed E-state index contributed by atoms with van der Waals surface area (Å²) in [6.07, 6.45) is 1.73. The minimum Gasteiger partial charge on any atom is -0.308 e. The molecule has 0 atom stereocenters. The van der Waals surface area contributed by atoms with Crippen molar-refractivity contribution in [2.45, 2.75) is 0 Å². The first-order valence-corrected chi connectivity index (χ1v) is 6.71. The Balaban J connectivity index is 2.07. The van der Waals surface area contributed by atoms with E-state index >= 15 is 0 Å². The lowest BCUT2D eigenvalue weighted by Gasteiger charge is -2.17. The van der Waals surface area contributed by atoms with E-state index < -0.39 is 0 Å². The van der Waals surface area contributed by atoms with Gasteiger partial charge in [-0.2, -0.15) is 0 Å². The maximum Gasteiger partial charge on any atom is 0.277 e. The lowest BCUT2D eigenvalue weighted by molar-refractivity contribution is 0.0989. The lowest BCUT2D eigenvalue weighted by Crippen LogP contribution is -2.26. The van der Waals surface area contributed by atoms with E-state index in [0.29, 0.717) is 5.69 Å². The molecule has 19 heavy (non-hydrogen) atoms. The quantitative estimate of drug-likeness (QED) is 0.718. The van der Waals surface area contributed by atoms with Crippen molar-refractivity contribution in [3.05, 3.63) is 53.1 Å². The molecule has 1 aromatic carbocycles. The van der Waals surface area contributed by atoms with E-state index in [0.717, 1.165) is 16.6 Å². The molecule has 94 valence electrons. The number of nitrogens with zero attached hydrogens (tertiary/aromatic N) is 3. The monoisotopic (exact) mass is 269 g/mol. The summed E-state index contributed by atoms with van der Waals surface area (Å²) < 4.78 is 0. The molecule has 4 nitrogen and oxygen atoms in total. The molecule has 3 rings (SSSR count). The number of benzene rings is 1. The molecule has 0 aliphatic rings. The minimum absolute atomic E-state index is 0.126. The minimum atomic E-state index is -0.126. The summed E-state index contributed by atoms with van der Waals surface area (Å²) in [6, 6.07) is 9.65. The first-order chi connectivity index (χ1) is 9.27. The van der Waals surface area contributed by atoms with Crippen molar-refractivity contribution in [2.75, 3.05) is 11.9 Å². The van der Waals surface area contributed by atoms with Gasteiger partial charge in [0.25, 0.3) is 5.91 Å². The van der Waals surface area contributed by atoms with Crippen LogP contribution in [0.3, 0.4) is 0 Å². The van der Waals surface area contributed by atoms with Crippen LogP contribution in [0, 0.1) is 0 Å². The third-order valence-electron chi connectivity index (χ3n) is 2.93. The zero-order chi connectivity index (χ0) is 13.2. The normalized spacial score (nSPS) is 10.6. The van der Waals surface area contributed by atoms with Crippen molar-refractivity contribution < 1.29 is 4.79 Å². The van der Waals surface area contributed by atoms with Crippen molar-refractivity contribution in [3.8, 4) is 0 Å². The largest absolute Gasteiger partial charge is 0.308 e. The van der Waals surface area contributed by atoms with Gasteiger partial charge in [-0.15, -0.1) is 11.3 Å². The molecular formula is C14H11N3OS. The maximum atomic E-state index is 12.3. The number of carbonyl (C=O) groups is 1. The SMILES string of the molecule is CN(C(=O)c1cscn1)c1cccc2cccnc12. The Labute approximate surface area is 114 Å². The fourth-order valence-corrected chi connectivity index (χ4v) is 2.48. The molecule has 5 heteroatoms. The first-order valence-electron chi connectivity index (χ1n) is 5.77. The van der Waals surface area contributed by atoms with Gasteiger partial charge in [-0.25, -0.2) is 4.98 Å². The van der Waals surface area contributed by atoms with Gasteiger partial charge in [0.05, 0.1) is 16.7 Å². The molecule has 2 heterocycles. The summed E-state index contributed by atoms with van der Waals surface area (Å²) in [7, 11) is 1.74. The predicted octanol–water partition coefficient (Wildman–Crippen LogP) is 2.97. The Hall–Kier alpha value is -2.27. The van der Waals surface area contributed by atoms with Crippen LogP contribution in [-0.4, -0.2) is 22.9 Å². The highest BCUT2D eigenvalue weighted by Gasteiger charge is 2.17. The summed E-state index contributed by atoms with van der Waals surface area (Å²) in [5, 5.41) is 2.76. The van der Waals surface area contributed by atoms with Crippen LogP contribution in [-0.2, 0) is 0 Å². The fraction of sp³-hybridized carbons (Fsp3) is 0.0714. The molecule has 0 saturated carbocycles. The number of thiazole rings is 1. The predicted molar refractivity (Wildman–Crippen MR) is 76.6 cm³/mol. The lowest BCUT2D eigenvalue weighted by atomic mass is 10.2. The average molecular weight is 269 g/mol. The zero-order valence-electron chi connectivity index (χ0n) is 10.3. The Morgan fingerprint density at radius 2 is 2.05 bits per heavy atom. The van der Waals surface area contributed by atoms with Crippen LogP contribution in [0.25, 0.3) is 10.9 Å².